The third kappa shape index (κ3) is 6.78. The van der Waals surface area contributed by atoms with Gasteiger partial charge in [0, 0.05) is 37.2 Å². The monoisotopic (exact) mass is 447 g/mol. The highest BCUT2D eigenvalue weighted by atomic mass is 16.5. The first-order valence-corrected chi connectivity index (χ1v) is 11.5. The molecule has 1 aromatic heterocycles. The van der Waals surface area contributed by atoms with Crippen LogP contribution in [0.15, 0.2) is 65.2 Å². The molecule has 6 heteroatoms. The summed E-state index contributed by atoms with van der Waals surface area (Å²) in [5.41, 5.74) is 3.31. The van der Waals surface area contributed by atoms with E-state index in [9.17, 15) is 9.59 Å². The summed E-state index contributed by atoms with van der Waals surface area (Å²) >= 11 is 0. The van der Waals surface area contributed by atoms with Gasteiger partial charge in [-0.1, -0.05) is 67.5 Å². The Hall–Kier alpha value is -3.41. The fourth-order valence-corrected chi connectivity index (χ4v) is 3.80. The van der Waals surface area contributed by atoms with Gasteiger partial charge in [-0.15, -0.1) is 0 Å². The Balaban J connectivity index is 1.56. The summed E-state index contributed by atoms with van der Waals surface area (Å²) < 4.78 is 5.46. The Morgan fingerprint density at radius 2 is 1.76 bits per heavy atom. The molecule has 174 valence electrons. The number of likely N-dealkylation sites (N-methyl/N-ethyl adjacent to an activating group) is 1. The minimum atomic E-state index is -0.558. The van der Waals surface area contributed by atoms with Crippen LogP contribution in [0.4, 0.5) is 0 Å². The van der Waals surface area contributed by atoms with Gasteiger partial charge in [0.1, 0.15) is 17.5 Å². The first-order valence-electron chi connectivity index (χ1n) is 11.5. The van der Waals surface area contributed by atoms with Crippen LogP contribution < -0.4 is 5.32 Å². The second-order valence-corrected chi connectivity index (χ2v) is 8.88. The molecule has 0 aliphatic carbocycles. The van der Waals surface area contributed by atoms with E-state index in [4.69, 9.17) is 4.52 Å². The summed E-state index contributed by atoms with van der Waals surface area (Å²) in [5.74, 6) is 0.778. The highest BCUT2D eigenvalue weighted by Crippen LogP contribution is 2.19. The van der Waals surface area contributed by atoms with Gasteiger partial charge in [0.05, 0.1) is 0 Å². The van der Waals surface area contributed by atoms with Gasteiger partial charge in [0.15, 0.2) is 0 Å². The van der Waals surface area contributed by atoms with E-state index in [1.807, 2.05) is 61.5 Å². The topological polar surface area (TPSA) is 75.4 Å². The number of nitrogens with one attached hydrogen (secondary N) is 1. The van der Waals surface area contributed by atoms with Crippen molar-refractivity contribution in [3.8, 4) is 11.3 Å². The zero-order valence-corrected chi connectivity index (χ0v) is 19.9. The summed E-state index contributed by atoms with van der Waals surface area (Å²) in [6.45, 7) is 6.56. The molecule has 1 N–H and O–H groups in total. The molecule has 0 saturated heterocycles. The van der Waals surface area contributed by atoms with Crippen LogP contribution in [0.3, 0.4) is 0 Å². The predicted octanol–water partition coefficient (Wildman–Crippen LogP) is 4.89. The van der Waals surface area contributed by atoms with Crippen LogP contribution in [-0.2, 0) is 11.2 Å². The Kier molecular flexibility index (Phi) is 8.41. The second kappa shape index (κ2) is 11.5. The van der Waals surface area contributed by atoms with E-state index in [0.29, 0.717) is 24.9 Å². The molecule has 0 saturated carbocycles. The van der Waals surface area contributed by atoms with E-state index in [1.165, 1.54) is 0 Å². The zero-order valence-electron chi connectivity index (χ0n) is 19.9. The Bertz CT molecular complexity index is 1060. The fraction of sp³-hybridized carbons (Fsp3) is 0.370. The molecule has 1 unspecified atom stereocenters. The first-order chi connectivity index (χ1) is 15.8. The lowest BCUT2D eigenvalue weighted by molar-refractivity contribution is -0.132. The SMILES string of the molecule is Cc1ccccc1C(=O)NC(CC(C)C)C(=O)N(C)CCCc1cc(-c2ccccc2)no1. The molecule has 33 heavy (non-hydrogen) atoms. The molecule has 0 aliphatic rings. The van der Waals surface area contributed by atoms with Crippen LogP contribution in [0.5, 0.6) is 0 Å². The number of aromatic nitrogens is 1. The van der Waals surface area contributed by atoms with E-state index in [2.05, 4.69) is 24.3 Å². The number of amides is 2. The molecule has 2 amide bonds. The number of rotatable bonds is 10. The number of hydrogen-bond donors (Lipinski definition) is 1. The Morgan fingerprint density at radius 1 is 1.06 bits per heavy atom. The first kappa shape index (κ1) is 24.2. The molecule has 3 aromatic rings. The maximum atomic E-state index is 13.1. The largest absolute Gasteiger partial charge is 0.361 e. The van der Waals surface area contributed by atoms with E-state index in [-0.39, 0.29) is 17.7 Å². The molecule has 1 atom stereocenters. The van der Waals surface area contributed by atoms with Gasteiger partial charge < -0.3 is 14.7 Å². The standard InChI is InChI=1S/C27H33N3O3/c1-19(2)17-25(28-26(31)23-15-9-8-11-20(23)3)27(32)30(4)16-10-14-22-18-24(29-33-22)21-12-6-5-7-13-21/h5-9,11-13,15,18-19,25H,10,14,16-17H2,1-4H3,(H,28,31). The molecule has 0 spiro atoms. The molecule has 3 rings (SSSR count). The molecule has 1 heterocycles. The van der Waals surface area contributed by atoms with Gasteiger partial charge in [-0.05, 0) is 37.3 Å². The van der Waals surface area contributed by atoms with Crippen molar-refractivity contribution in [2.24, 2.45) is 5.92 Å². The van der Waals surface area contributed by atoms with Crippen molar-refractivity contribution in [3.05, 3.63) is 77.6 Å². The van der Waals surface area contributed by atoms with Gasteiger partial charge in [0.2, 0.25) is 5.91 Å². The molecule has 6 nitrogen and oxygen atoms in total. The van der Waals surface area contributed by atoms with Crippen molar-refractivity contribution < 1.29 is 14.1 Å². The van der Waals surface area contributed by atoms with Crippen LogP contribution in [0.2, 0.25) is 0 Å². The molecule has 0 radical (unpaired) electrons. The Morgan fingerprint density at radius 3 is 2.45 bits per heavy atom. The van der Waals surface area contributed by atoms with Crippen LogP contribution >= 0.6 is 0 Å². The summed E-state index contributed by atoms with van der Waals surface area (Å²) in [7, 11) is 1.78. The van der Waals surface area contributed by atoms with Crippen LogP contribution in [0.25, 0.3) is 11.3 Å². The van der Waals surface area contributed by atoms with Crippen molar-refractivity contribution in [1.29, 1.82) is 0 Å². The lowest BCUT2D eigenvalue weighted by Crippen LogP contribution is -2.48. The third-order valence-corrected chi connectivity index (χ3v) is 5.62. The Labute approximate surface area is 196 Å². The third-order valence-electron chi connectivity index (χ3n) is 5.62. The molecule has 2 aromatic carbocycles. The predicted molar refractivity (Wildman–Crippen MR) is 130 cm³/mol. The minimum Gasteiger partial charge on any atom is -0.361 e. The summed E-state index contributed by atoms with van der Waals surface area (Å²) in [4.78, 5) is 27.6. The van der Waals surface area contributed by atoms with Crippen LogP contribution in [0, 0.1) is 12.8 Å². The summed E-state index contributed by atoms with van der Waals surface area (Å²) in [6.07, 6.45) is 2.01. The van der Waals surface area contributed by atoms with Crippen molar-refractivity contribution in [2.75, 3.05) is 13.6 Å². The van der Waals surface area contributed by atoms with Gasteiger partial charge >= 0.3 is 0 Å². The summed E-state index contributed by atoms with van der Waals surface area (Å²) in [5, 5.41) is 7.10. The van der Waals surface area contributed by atoms with Gasteiger partial charge in [0.25, 0.3) is 5.91 Å². The number of carbonyl (C=O) groups is 2. The van der Waals surface area contributed by atoms with E-state index in [1.54, 1.807) is 18.0 Å². The number of nitrogens with zero attached hydrogens (tertiary/aromatic N) is 2. The second-order valence-electron chi connectivity index (χ2n) is 8.88. The lowest BCUT2D eigenvalue weighted by atomic mass is 10.0. The smallest absolute Gasteiger partial charge is 0.252 e. The van der Waals surface area contributed by atoms with E-state index < -0.39 is 6.04 Å². The van der Waals surface area contributed by atoms with E-state index >= 15 is 0 Å². The van der Waals surface area contributed by atoms with Gasteiger partial charge in [-0.2, -0.15) is 0 Å². The molecule has 0 bridgehead atoms. The van der Waals surface area contributed by atoms with Gasteiger partial charge in [-0.3, -0.25) is 9.59 Å². The zero-order chi connectivity index (χ0) is 23.8. The highest BCUT2D eigenvalue weighted by molar-refractivity contribution is 5.98. The molecule has 0 aliphatic heterocycles. The number of benzene rings is 2. The fourth-order valence-electron chi connectivity index (χ4n) is 3.80. The maximum absolute atomic E-state index is 13.1. The molecular formula is C27H33N3O3. The minimum absolute atomic E-state index is 0.0758. The highest BCUT2D eigenvalue weighted by Gasteiger charge is 2.25. The quantitative estimate of drug-likeness (QED) is 0.480. The van der Waals surface area contributed by atoms with Crippen LogP contribution in [0.1, 0.15) is 48.4 Å². The van der Waals surface area contributed by atoms with Gasteiger partial charge in [-0.25, -0.2) is 0 Å². The summed E-state index contributed by atoms with van der Waals surface area (Å²) in [6, 6.07) is 18.7. The van der Waals surface area contributed by atoms with Crippen molar-refractivity contribution in [3.63, 3.8) is 0 Å². The number of hydrogen-bond acceptors (Lipinski definition) is 4. The van der Waals surface area contributed by atoms with Crippen molar-refractivity contribution >= 4 is 11.8 Å². The maximum Gasteiger partial charge on any atom is 0.252 e. The number of carbonyl (C=O) groups excluding carboxylic acids is 2. The van der Waals surface area contributed by atoms with Crippen molar-refractivity contribution in [1.82, 2.24) is 15.4 Å². The van der Waals surface area contributed by atoms with E-state index in [0.717, 1.165) is 29.0 Å². The molecular weight excluding hydrogens is 414 g/mol. The lowest BCUT2D eigenvalue weighted by Gasteiger charge is -2.26. The van der Waals surface area contributed by atoms with Crippen LogP contribution in [-0.4, -0.2) is 41.5 Å². The number of aryl methyl sites for hydroxylation is 2. The normalized spacial score (nSPS) is 11.9. The average molecular weight is 448 g/mol. The average Bonchev–Trinajstić information content (AvgIpc) is 3.27. The molecule has 0 fully saturated rings. The van der Waals surface area contributed by atoms with Crippen molar-refractivity contribution in [2.45, 2.75) is 46.1 Å².